The standard InChI is InChI=1S/C7H5O3/c8-4-5-3-6(9)1-2-7(5)10/h1-3,9-10H. The summed E-state index contributed by atoms with van der Waals surface area (Å²) in [5, 5.41) is 17.6. The average Bonchev–Trinajstić information content (AvgIpc) is 1.94. The Morgan fingerprint density at radius 1 is 1.30 bits per heavy atom. The number of hydrogen-bond acceptors (Lipinski definition) is 3. The molecule has 2 N–H and O–H groups in total. The summed E-state index contributed by atoms with van der Waals surface area (Å²) in [5.74, 6) is -0.232. The number of phenols is 2. The second kappa shape index (κ2) is 2.39. The van der Waals surface area contributed by atoms with E-state index < -0.39 is 0 Å². The first-order chi connectivity index (χ1) is 4.74. The maximum Gasteiger partial charge on any atom is 0.237 e. The molecule has 1 aromatic carbocycles. The fourth-order valence-corrected chi connectivity index (χ4v) is 0.606. The van der Waals surface area contributed by atoms with Crippen LogP contribution in [0.3, 0.4) is 0 Å². The topological polar surface area (TPSA) is 57.5 Å². The summed E-state index contributed by atoms with van der Waals surface area (Å²) in [6.07, 6.45) is 1.48. The molecule has 0 fully saturated rings. The lowest BCUT2D eigenvalue weighted by Gasteiger charge is -1.94. The van der Waals surface area contributed by atoms with Crippen molar-refractivity contribution in [3.8, 4) is 11.5 Å². The van der Waals surface area contributed by atoms with E-state index in [9.17, 15) is 4.79 Å². The summed E-state index contributed by atoms with van der Waals surface area (Å²) in [6, 6.07) is 3.66. The van der Waals surface area contributed by atoms with E-state index in [0.717, 1.165) is 6.07 Å². The molecule has 0 aliphatic carbocycles. The van der Waals surface area contributed by atoms with Gasteiger partial charge in [0.05, 0.1) is 5.56 Å². The lowest BCUT2D eigenvalue weighted by atomic mass is 10.2. The predicted molar refractivity (Wildman–Crippen MR) is 34.6 cm³/mol. The van der Waals surface area contributed by atoms with Crippen molar-refractivity contribution in [3.63, 3.8) is 0 Å². The number of hydrogen-bond donors (Lipinski definition) is 2. The molecule has 0 saturated heterocycles. The molecule has 51 valence electrons. The average molecular weight is 137 g/mol. The second-order valence-corrected chi connectivity index (χ2v) is 1.80. The Morgan fingerprint density at radius 2 is 2.00 bits per heavy atom. The zero-order chi connectivity index (χ0) is 7.56. The predicted octanol–water partition coefficient (Wildman–Crippen LogP) is 0.556. The van der Waals surface area contributed by atoms with Crippen molar-refractivity contribution >= 4 is 6.29 Å². The molecule has 3 heteroatoms. The van der Waals surface area contributed by atoms with Crippen LogP contribution in [0.1, 0.15) is 5.56 Å². The maximum atomic E-state index is 9.98. The van der Waals surface area contributed by atoms with E-state index in [1.54, 1.807) is 0 Å². The Balaban J connectivity index is 3.21. The van der Waals surface area contributed by atoms with Gasteiger partial charge in [0, 0.05) is 0 Å². The minimum absolute atomic E-state index is 0.0278. The summed E-state index contributed by atoms with van der Waals surface area (Å²) in [7, 11) is 0. The molecule has 3 nitrogen and oxygen atoms in total. The van der Waals surface area contributed by atoms with Crippen LogP contribution in [-0.4, -0.2) is 16.5 Å². The lowest BCUT2D eigenvalue weighted by Crippen LogP contribution is -1.79. The summed E-state index contributed by atoms with van der Waals surface area (Å²) < 4.78 is 0. The molecule has 0 aromatic heterocycles. The highest BCUT2D eigenvalue weighted by Crippen LogP contribution is 2.19. The molecule has 0 aliphatic rings. The van der Waals surface area contributed by atoms with Gasteiger partial charge in [0.15, 0.2) is 0 Å². The summed E-state index contributed by atoms with van der Waals surface area (Å²) in [6.45, 7) is 0. The van der Waals surface area contributed by atoms with Crippen LogP contribution in [0.25, 0.3) is 0 Å². The minimum atomic E-state index is -0.173. The second-order valence-electron chi connectivity index (χ2n) is 1.80. The molecule has 0 spiro atoms. The van der Waals surface area contributed by atoms with E-state index in [4.69, 9.17) is 10.2 Å². The van der Waals surface area contributed by atoms with Crippen LogP contribution < -0.4 is 0 Å². The highest BCUT2D eigenvalue weighted by atomic mass is 16.3. The van der Waals surface area contributed by atoms with Crippen molar-refractivity contribution in [2.45, 2.75) is 0 Å². The number of phenolic OH excluding ortho intramolecular Hbond substituents is 2. The molecule has 0 unspecified atom stereocenters. The normalized spacial score (nSPS) is 9.20. The molecule has 0 amide bonds. The summed E-state index contributed by atoms with van der Waals surface area (Å²) >= 11 is 0. The van der Waals surface area contributed by atoms with Crippen molar-refractivity contribution in [2.24, 2.45) is 0 Å². The van der Waals surface area contributed by atoms with Crippen LogP contribution in [0.2, 0.25) is 0 Å². The van der Waals surface area contributed by atoms with Gasteiger partial charge in [-0.15, -0.1) is 0 Å². The third-order valence-electron chi connectivity index (χ3n) is 1.09. The zero-order valence-electron chi connectivity index (χ0n) is 5.03. The maximum absolute atomic E-state index is 9.98. The monoisotopic (exact) mass is 137 g/mol. The van der Waals surface area contributed by atoms with Crippen molar-refractivity contribution < 1.29 is 15.0 Å². The summed E-state index contributed by atoms with van der Waals surface area (Å²) in [4.78, 5) is 9.98. The fraction of sp³-hybridized carbons (Fsp3) is 0. The molecule has 1 rings (SSSR count). The molecule has 0 bridgehead atoms. The Bertz CT molecular complexity index is 255. The van der Waals surface area contributed by atoms with Crippen molar-refractivity contribution in [1.29, 1.82) is 0 Å². The Hall–Kier alpha value is -1.51. The van der Waals surface area contributed by atoms with Gasteiger partial charge in [0.25, 0.3) is 0 Å². The van der Waals surface area contributed by atoms with Gasteiger partial charge in [-0.1, -0.05) is 0 Å². The first kappa shape index (κ1) is 6.61. The summed E-state index contributed by atoms with van der Waals surface area (Å²) in [5.41, 5.74) is -0.0278. The van der Waals surface area contributed by atoms with E-state index in [1.807, 2.05) is 0 Å². The van der Waals surface area contributed by atoms with E-state index in [0.29, 0.717) is 0 Å². The van der Waals surface area contributed by atoms with Crippen molar-refractivity contribution in [2.75, 3.05) is 0 Å². The molecule has 0 heterocycles. The Labute approximate surface area is 57.5 Å². The molecular formula is C7H5O3. The van der Waals surface area contributed by atoms with Gasteiger partial charge < -0.3 is 10.2 Å². The minimum Gasteiger partial charge on any atom is -0.508 e. The highest BCUT2D eigenvalue weighted by Gasteiger charge is 1.99. The van der Waals surface area contributed by atoms with Crippen molar-refractivity contribution in [3.05, 3.63) is 23.8 Å². The third kappa shape index (κ3) is 1.07. The van der Waals surface area contributed by atoms with Gasteiger partial charge in [-0.2, -0.15) is 0 Å². The van der Waals surface area contributed by atoms with Gasteiger partial charge >= 0.3 is 0 Å². The van der Waals surface area contributed by atoms with E-state index in [1.165, 1.54) is 18.4 Å². The molecule has 0 saturated carbocycles. The SMILES string of the molecule is O=[C]c1cc(O)ccc1O. The molecule has 0 aliphatic heterocycles. The first-order valence-corrected chi connectivity index (χ1v) is 2.64. The quantitative estimate of drug-likeness (QED) is 0.556. The molecule has 1 aromatic rings. The Kier molecular flexibility index (Phi) is 1.58. The van der Waals surface area contributed by atoms with Gasteiger partial charge in [-0.3, -0.25) is 4.79 Å². The van der Waals surface area contributed by atoms with Gasteiger partial charge in [0.1, 0.15) is 11.5 Å². The van der Waals surface area contributed by atoms with Crippen molar-refractivity contribution in [1.82, 2.24) is 0 Å². The van der Waals surface area contributed by atoms with Crippen LogP contribution in [-0.2, 0) is 4.79 Å². The van der Waals surface area contributed by atoms with Crippen LogP contribution in [0.5, 0.6) is 11.5 Å². The van der Waals surface area contributed by atoms with E-state index in [2.05, 4.69) is 0 Å². The lowest BCUT2D eigenvalue weighted by molar-refractivity contribution is 0.457. The van der Waals surface area contributed by atoms with Crippen LogP contribution >= 0.6 is 0 Å². The highest BCUT2D eigenvalue weighted by molar-refractivity contribution is 5.80. The number of rotatable bonds is 1. The van der Waals surface area contributed by atoms with Gasteiger partial charge in [0.2, 0.25) is 6.29 Å². The van der Waals surface area contributed by atoms with E-state index in [-0.39, 0.29) is 17.1 Å². The molecular weight excluding hydrogens is 132 g/mol. The number of carbonyl (C=O) groups excluding carboxylic acids is 1. The fourth-order valence-electron chi connectivity index (χ4n) is 0.606. The van der Waals surface area contributed by atoms with Crippen LogP contribution in [0, 0.1) is 0 Å². The number of benzene rings is 1. The van der Waals surface area contributed by atoms with Gasteiger partial charge in [-0.05, 0) is 18.2 Å². The largest absolute Gasteiger partial charge is 0.508 e. The van der Waals surface area contributed by atoms with Crippen LogP contribution in [0.4, 0.5) is 0 Å². The van der Waals surface area contributed by atoms with E-state index >= 15 is 0 Å². The van der Waals surface area contributed by atoms with Crippen LogP contribution in [0.15, 0.2) is 18.2 Å². The Morgan fingerprint density at radius 3 is 2.50 bits per heavy atom. The molecule has 0 atom stereocenters. The smallest absolute Gasteiger partial charge is 0.237 e. The number of aromatic hydroxyl groups is 2. The first-order valence-electron chi connectivity index (χ1n) is 2.64. The third-order valence-corrected chi connectivity index (χ3v) is 1.09. The van der Waals surface area contributed by atoms with Gasteiger partial charge in [-0.25, -0.2) is 0 Å². The zero-order valence-corrected chi connectivity index (χ0v) is 5.03. The molecule has 10 heavy (non-hydrogen) atoms. The molecule has 1 radical (unpaired) electrons.